The molecule has 0 aliphatic rings. The summed E-state index contributed by atoms with van der Waals surface area (Å²) in [6.45, 7) is 1.56. The fourth-order valence-electron chi connectivity index (χ4n) is 1.25. The number of carbonyl (C=O) groups excluding carboxylic acids is 1. The molecule has 5 heteroatoms. The number of alkyl halides is 2. The molecule has 2 N–H and O–H groups in total. The van der Waals surface area contributed by atoms with Gasteiger partial charge in [-0.1, -0.05) is 0 Å². The Balaban J connectivity index is 3.39. The summed E-state index contributed by atoms with van der Waals surface area (Å²) < 4.78 is 25.0. The van der Waals surface area contributed by atoms with E-state index in [0.29, 0.717) is 12.0 Å². The minimum Gasteiger partial charge on any atom is -0.325 e. The average molecular weight is 200 g/mol. The third-order valence-electron chi connectivity index (χ3n) is 1.84. The van der Waals surface area contributed by atoms with Gasteiger partial charge in [0.1, 0.15) is 0 Å². The van der Waals surface area contributed by atoms with Crippen LogP contribution in [0.2, 0.25) is 0 Å². The van der Waals surface area contributed by atoms with Gasteiger partial charge < -0.3 is 5.73 Å². The van der Waals surface area contributed by atoms with Crippen molar-refractivity contribution in [1.29, 1.82) is 0 Å². The predicted molar refractivity (Wildman–Crippen MR) is 47.2 cm³/mol. The van der Waals surface area contributed by atoms with E-state index in [9.17, 15) is 13.6 Å². The molecule has 0 radical (unpaired) electrons. The standard InChI is InChI=1S/C9H10F2N2O/c1-5-2-6(9(10)11)7(4-14)8(3-12)13-5/h2,4,9H,3,12H2,1H3. The topological polar surface area (TPSA) is 56.0 Å². The van der Waals surface area contributed by atoms with Gasteiger partial charge in [0.25, 0.3) is 6.43 Å². The zero-order valence-electron chi connectivity index (χ0n) is 7.63. The lowest BCUT2D eigenvalue weighted by Gasteiger charge is -2.08. The number of nitrogens with zero attached hydrogens (tertiary/aromatic N) is 1. The molecule has 0 fully saturated rings. The maximum atomic E-state index is 12.5. The first-order chi connectivity index (χ1) is 6.60. The Labute approximate surface area is 79.9 Å². The second kappa shape index (κ2) is 4.23. The molecule has 0 amide bonds. The Morgan fingerprint density at radius 2 is 2.29 bits per heavy atom. The summed E-state index contributed by atoms with van der Waals surface area (Å²) in [6.07, 6.45) is -2.31. The summed E-state index contributed by atoms with van der Waals surface area (Å²) in [5.41, 5.74) is 5.56. The smallest absolute Gasteiger partial charge is 0.264 e. The Morgan fingerprint density at radius 3 is 2.71 bits per heavy atom. The molecule has 1 rings (SSSR count). The quantitative estimate of drug-likeness (QED) is 0.754. The lowest BCUT2D eigenvalue weighted by atomic mass is 10.1. The highest BCUT2D eigenvalue weighted by Gasteiger charge is 2.16. The molecule has 1 aromatic rings. The van der Waals surface area contributed by atoms with Crippen LogP contribution in [0, 0.1) is 6.92 Å². The molecule has 0 bridgehead atoms. The van der Waals surface area contributed by atoms with E-state index in [1.165, 1.54) is 6.07 Å². The second-order valence-corrected chi connectivity index (χ2v) is 2.84. The number of aromatic nitrogens is 1. The van der Waals surface area contributed by atoms with Crippen molar-refractivity contribution in [3.63, 3.8) is 0 Å². The normalized spacial score (nSPS) is 10.6. The highest BCUT2D eigenvalue weighted by atomic mass is 19.3. The highest BCUT2D eigenvalue weighted by molar-refractivity contribution is 5.79. The Hall–Kier alpha value is -1.36. The molecular weight excluding hydrogens is 190 g/mol. The van der Waals surface area contributed by atoms with E-state index in [4.69, 9.17) is 5.73 Å². The fraction of sp³-hybridized carbons (Fsp3) is 0.333. The van der Waals surface area contributed by atoms with Gasteiger partial charge in [-0.3, -0.25) is 9.78 Å². The van der Waals surface area contributed by atoms with Crippen molar-refractivity contribution in [3.05, 3.63) is 28.6 Å². The van der Waals surface area contributed by atoms with Gasteiger partial charge in [-0.05, 0) is 13.0 Å². The number of carbonyl (C=O) groups is 1. The number of aryl methyl sites for hydroxylation is 1. The number of hydrogen-bond donors (Lipinski definition) is 1. The van der Waals surface area contributed by atoms with Crippen molar-refractivity contribution in [2.24, 2.45) is 5.73 Å². The zero-order valence-corrected chi connectivity index (χ0v) is 7.63. The van der Waals surface area contributed by atoms with Crippen LogP contribution < -0.4 is 5.73 Å². The molecule has 0 spiro atoms. The molecule has 1 heterocycles. The van der Waals surface area contributed by atoms with Crippen molar-refractivity contribution < 1.29 is 13.6 Å². The monoisotopic (exact) mass is 200 g/mol. The summed E-state index contributed by atoms with van der Waals surface area (Å²) in [4.78, 5) is 14.5. The van der Waals surface area contributed by atoms with Gasteiger partial charge in [0.05, 0.1) is 5.69 Å². The van der Waals surface area contributed by atoms with Gasteiger partial charge in [0, 0.05) is 23.4 Å². The third kappa shape index (κ3) is 1.93. The molecule has 1 aromatic heterocycles. The third-order valence-corrected chi connectivity index (χ3v) is 1.84. The van der Waals surface area contributed by atoms with Crippen molar-refractivity contribution >= 4 is 6.29 Å². The van der Waals surface area contributed by atoms with Crippen molar-refractivity contribution in [2.45, 2.75) is 19.9 Å². The van der Waals surface area contributed by atoms with Crippen molar-refractivity contribution in [1.82, 2.24) is 4.98 Å². The number of rotatable bonds is 3. The minimum absolute atomic E-state index is 0.0184. The molecule has 0 aromatic carbocycles. The van der Waals surface area contributed by atoms with Crippen LogP contribution in [0.5, 0.6) is 0 Å². The van der Waals surface area contributed by atoms with Gasteiger partial charge in [0.15, 0.2) is 6.29 Å². The maximum absolute atomic E-state index is 12.5. The minimum atomic E-state index is -2.68. The molecule has 76 valence electrons. The lowest BCUT2D eigenvalue weighted by molar-refractivity contribution is 0.110. The molecule has 3 nitrogen and oxygen atoms in total. The number of pyridine rings is 1. The van der Waals surface area contributed by atoms with Crippen LogP contribution in [-0.4, -0.2) is 11.3 Å². The Kier molecular flexibility index (Phi) is 3.24. The fourth-order valence-corrected chi connectivity index (χ4v) is 1.25. The van der Waals surface area contributed by atoms with Crippen molar-refractivity contribution in [3.8, 4) is 0 Å². The predicted octanol–water partition coefficient (Wildman–Crippen LogP) is 1.60. The average Bonchev–Trinajstić information content (AvgIpc) is 2.16. The van der Waals surface area contributed by atoms with Gasteiger partial charge in [-0.15, -0.1) is 0 Å². The van der Waals surface area contributed by atoms with E-state index in [1.807, 2.05) is 0 Å². The summed E-state index contributed by atoms with van der Waals surface area (Å²) in [6, 6.07) is 1.20. The van der Waals surface area contributed by atoms with Crippen LogP contribution in [0.15, 0.2) is 6.07 Å². The number of halogens is 2. The van der Waals surface area contributed by atoms with E-state index in [1.54, 1.807) is 6.92 Å². The van der Waals surface area contributed by atoms with E-state index >= 15 is 0 Å². The van der Waals surface area contributed by atoms with E-state index < -0.39 is 6.43 Å². The summed E-state index contributed by atoms with van der Waals surface area (Å²) in [7, 11) is 0. The van der Waals surface area contributed by atoms with E-state index in [-0.39, 0.29) is 23.4 Å². The molecule has 0 unspecified atom stereocenters. The molecule has 0 aliphatic heterocycles. The van der Waals surface area contributed by atoms with E-state index in [0.717, 1.165) is 0 Å². The van der Waals surface area contributed by atoms with E-state index in [2.05, 4.69) is 4.98 Å². The first kappa shape index (κ1) is 10.7. The van der Waals surface area contributed by atoms with Gasteiger partial charge in [-0.25, -0.2) is 8.78 Å². The summed E-state index contributed by atoms with van der Waals surface area (Å²) in [5, 5.41) is 0. The summed E-state index contributed by atoms with van der Waals surface area (Å²) >= 11 is 0. The molecule has 0 saturated carbocycles. The number of nitrogens with two attached hydrogens (primary N) is 1. The first-order valence-corrected chi connectivity index (χ1v) is 4.04. The molecular formula is C9H10F2N2O. The SMILES string of the molecule is Cc1cc(C(F)F)c(C=O)c(CN)n1. The largest absolute Gasteiger partial charge is 0.325 e. The number of hydrogen-bond acceptors (Lipinski definition) is 3. The van der Waals surface area contributed by atoms with Crippen LogP contribution in [0.25, 0.3) is 0 Å². The van der Waals surface area contributed by atoms with Gasteiger partial charge >= 0.3 is 0 Å². The highest BCUT2D eigenvalue weighted by Crippen LogP contribution is 2.24. The van der Waals surface area contributed by atoms with Crippen LogP contribution in [-0.2, 0) is 6.54 Å². The van der Waals surface area contributed by atoms with Crippen LogP contribution in [0.4, 0.5) is 8.78 Å². The molecule has 0 saturated heterocycles. The van der Waals surface area contributed by atoms with Crippen molar-refractivity contribution in [2.75, 3.05) is 0 Å². The van der Waals surface area contributed by atoms with Crippen LogP contribution in [0.1, 0.15) is 33.7 Å². The Morgan fingerprint density at radius 1 is 1.64 bits per heavy atom. The lowest BCUT2D eigenvalue weighted by Crippen LogP contribution is -2.09. The maximum Gasteiger partial charge on any atom is 0.264 e. The summed E-state index contributed by atoms with van der Waals surface area (Å²) in [5.74, 6) is 0. The zero-order chi connectivity index (χ0) is 10.7. The first-order valence-electron chi connectivity index (χ1n) is 4.04. The van der Waals surface area contributed by atoms with Crippen LogP contribution >= 0.6 is 0 Å². The van der Waals surface area contributed by atoms with Crippen LogP contribution in [0.3, 0.4) is 0 Å². The molecule has 0 aliphatic carbocycles. The van der Waals surface area contributed by atoms with Gasteiger partial charge in [-0.2, -0.15) is 0 Å². The second-order valence-electron chi connectivity index (χ2n) is 2.84. The molecule has 0 atom stereocenters. The number of aldehydes is 1. The van der Waals surface area contributed by atoms with Gasteiger partial charge in [0.2, 0.25) is 0 Å². The Bertz CT molecular complexity index is 353. The molecule has 14 heavy (non-hydrogen) atoms.